The minimum absolute atomic E-state index is 0.752. The van der Waals surface area contributed by atoms with Crippen LogP contribution in [-0.2, 0) is 0 Å². The third-order valence-electron chi connectivity index (χ3n) is 3.60. The summed E-state index contributed by atoms with van der Waals surface area (Å²) in [5, 5.41) is 6.45. The molecule has 0 radical (unpaired) electrons. The topological polar surface area (TPSA) is 53.1 Å². The average Bonchev–Trinajstić information content (AvgIpc) is 3.03. The van der Waals surface area contributed by atoms with Gasteiger partial charge in [0.2, 0.25) is 0 Å². The van der Waals surface area contributed by atoms with Gasteiger partial charge in [0.15, 0.2) is 5.82 Å². The van der Waals surface area contributed by atoms with E-state index < -0.39 is 0 Å². The lowest BCUT2D eigenvalue weighted by Gasteiger charge is -2.17. The molecule has 5 heteroatoms. The Morgan fingerprint density at radius 3 is 2.48 bits per heavy atom. The molecule has 0 unspecified atom stereocenters. The summed E-state index contributed by atoms with van der Waals surface area (Å²) in [4.78, 5) is 11.1. The Bertz CT molecular complexity index is 575. The van der Waals surface area contributed by atoms with Crippen LogP contribution in [0.1, 0.15) is 19.8 Å². The second kappa shape index (κ2) is 6.43. The summed E-state index contributed by atoms with van der Waals surface area (Å²) < 4.78 is 0. The van der Waals surface area contributed by atoms with Crippen LogP contribution in [0.5, 0.6) is 0 Å². The van der Waals surface area contributed by atoms with E-state index in [1.54, 1.807) is 12.4 Å². The van der Waals surface area contributed by atoms with Gasteiger partial charge in [-0.25, -0.2) is 4.98 Å². The Balaban J connectivity index is 1.68. The lowest BCUT2D eigenvalue weighted by Crippen LogP contribution is -2.17. The first-order chi connectivity index (χ1) is 10.3. The zero-order valence-electron chi connectivity index (χ0n) is 12.3. The van der Waals surface area contributed by atoms with Gasteiger partial charge in [-0.3, -0.25) is 4.98 Å². The van der Waals surface area contributed by atoms with Crippen molar-refractivity contribution in [3.05, 3.63) is 36.7 Å². The molecule has 2 aromatic rings. The molecule has 21 heavy (non-hydrogen) atoms. The fraction of sp³-hybridized carbons (Fsp3) is 0.375. The van der Waals surface area contributed by atoms with Crippen LogP contribution in [0.25, 0.3) is 0 Å². The van der Waals surface area contributed by atoms with E-state index in [1.165, 1.54) is 31.6 Å². The fourth-order valence-electron chi connectivity index (χ4n) is 2.57. The summed E-state index contributed by atoms with van der Waals surface area (Å²) in [6.45, 7) is 5.22. The minimum atomic E-state index is 0.752. The quantitative estimate of drug-likeness (QED) is 0.882. The summed E-state index contributed by atoms with van der Waals surface area (Å²) in [7, 11) is 0. The van der Waals surface area contributed by atoms with Gasteiger partial charge in [0, 0.05) is 31.0 Å². The van der Waals surface area contributed by atoms with Crippen molar-refractivity contribution in [2.24, 2.45) is 0 Å². The smallest absolute Gasteiger partial charge is 0.151 e. The van der Waals surface area contributed by atoms with Gasteiger partial charge >= 0.3 is 0 Å². The van der Waals surface area contributed by atoms with Crippen molar-refractivity contribution in [2.45, 2.75) is 19.8 Å². The van der Waals surface area contributed by atoms with Crippen LogP contribution in [0.3, 0.4) is 0 Å². The number of hydrogen-bond donors (Lipinski definition) is 2. The van der Waals surface area contributed by atoms with Crippen LogP contribution in [0.15, 0.2) is 36.7 Å². The summed E-state index contributed by atoms with van der Waals surface area (Å²) in [6.07, 6.45) is 6.06. The normalized spacial score (nSPS) is 14.2. The van der Waals surface area contributed by atoms with E-state index in [4.69, 9.17) is 0 Å². The predicted octanol–water partition coefficient (Wildman–Crippen LogP) is 3.25. The maximum Gasteiger partial charge on any atom is 0.151 e. The molecule has 110 valence electrons. The van der Waals surface area contributed by atoms with Crippen LogP contribution in [-0.4, -0.2) is 29.6 Å². The van der Waals surface area contributed by atoms with Crippen molar-refractivity contribution < 1.29 is 0 Å². The van der Waals surface area contributed by atoms with Gasteiger partial charge in [-0.1, -0.05) is 0 Å². The Morgan fingerprint density at radius 2 is 1.76 bits per heavy atom. The second-order valence-electron chi connectivity index (χ2n) is 5.19. The summed E-state index contributed by atoms with van der Waals surface area (Å²) in [5.74, 6) is 1.54. The zero-order valence-corrected chi connectivity index (χ0v) is 12.3. The first-order valence-corrected chi connectivity index (χ1v) is 7.53. The van der Waals surface area contributed by atoms with Crippen LogP contribution >= 0.6 is 0 Å². The molecule has 1 aliphatic heterocycles. The summed E-state index contributed by atoms with van der Waals surface area (Å²) in [6, 6.07) is 8.51. The number of rotatable bonds is 5. The lowest BCUT2D eigenvalue weighted by atomic mass is 10.2. The Labute approximate surface area is 125 Å². The summed E-state index contributed by atoms with van der Waals surface area (Å²) >= 11 is 0. The zero-order chi connectivity index (χ0) is 14.5. The van der Waals surface area contributed by atoms with Gasteiger partial charge in [-0.15, -0.1) is 0 Å². The van der Waals surface area contributed by atoms with E-state index in [0.717, 1.165) is 23.9 Å². The first kappa shape index (κ1) is 13.7. The highest BCUT2D eigenvalue weighted by molar-refractivity contribution is 5.61. The van der Waals surface area contributed by atoms with Gasteiger partial charge in [-0.2, -0.15) is 0 Å². The standard InChI is InChI=1S/C16H21N5/c1-2-18-15-11-17-12-16(20-15)19-13-5-7-14(8-6-13)21-9-3-4-10-21/h5-8,11-12H,2-4,9-10H2,1H3,(H2,18,19,20). The molecular formula is C16H21N5. The average molecular weight is 283 g/mol. The molecule has 5 nitrogen and oxygen atoms in total. The number of hydrogen-bond acceptors (Lipinski definition) is 5. The molecule has 0 bridgehead atoms. The van der Waals surface area contributed by atoms with Crippen LogP contribution < -0.4 is 15.5 Å². The molecule has 1 fully saturated rings. The number of benzene rings is 1. The number of nitrogens with zero attached hydrogens (tertiary/aromatic N) is 3. The highest BCUT2D eigenvalue weighted by atomic mass is 15.1. The van der Waals surface area contributed by atoms with Crippen molar-refractivity contribution in [2.75, 3.05) is 35.2 Å². The van der Waals surface area contributed by atoms with E-state index >= 15 is 0 Å². The number of aromatic nitrogens is 2. The van der Waals surface area contributed by atoms with Crippen molar-refractivity contribution in [1.82, 2.24) is 9.97 Å². The molecule has 0 saturated carbocycles. The molecule has 1 aromatic heterocycles. The Kier molecular flexibility index (Phi) is 4.19. The lowest BCUT2D eigenvalue weighted by molar-refractivity contribution is 0.949. The van der Waals surface area contributed by atoms with Gasteiger partial charge in [-0.05, 0) is 44.0 Å². The molecule has 2 N–H and O–H groups in total. The van der Waals surface area contributed by atoms with E-state index in [1.807, 2.05) is 6.92 Å². The molecule has 1 aromatic carbocycles. The van der Waals surface area contributed by atoms with E-state index in [-0.39, 0.29) is 0 Å². The van der Waals surface area contributed by atoms with E-state index in [0.29, 0.717) is 0 Å². The van der Waals surface area contributed by atoms with E-state index in [2.05, 4.69) is 49.8 Å². The molecule has 2 heterocycles. The first-order valence-electron chi connectivity index (χ1n) is 7.53. The molecule has 1 saturated heterocycles. The van der Waals surface area contributed by atoms with Gasteiger partial charge < -0.3 is 15.5 Å². The highest BCUT2D eigenvalue weighted by Crippen LogP contribution is 2.23. The Hall–Kier alpha value is -2.30. The third kappa shape index (κ3) is 3.42. The minimum Gasteiger partial charge on any atom is -0.372 e. The van der Waals surface area contributed by atoms with Crippen LogP contribution in [0, 0.1) is 0 Å². The van der Waals surface area contributed by atoms with Crippen molar-refractivity contribution >= 4 is 23.0 Å². The largest absolute Gasteiger partial charge is 0.372 e. The molecule has 0 spiro atoms. The van der Waals surface area contributed by atoms with Crippen LogP contribution in [0.4, 0.5) is 23.0 Å². The molecule has 3 rings (SSSR count). The fourth-order valence-corrected chi connectivity index (χ4v) is 2.57. The van der Waals surface area contributed by atoms with Gasteiger partial charge in [0.05, 0.1) is 12.4 Å². The number of anilines is 4. The van der Waals surface area contributed by atoms with Crippen molar-refractivity contribution in [1.29, 1.82) is 0 Å². The summed E-state index contributed by atoms with van der Waals surface area (Å²) in [5.41, 5.74) is 2.33. The van der Waals surface area contributed by atoms with Crippen LogP contribution in [0.2, 0.25) is 0 Å². The maximum absolute atomic E-state index is 4.46. The second-order valence-corrected chi connectivity index (χ2v) is 5.19. The third-order valence-corrected chi connectivity index (χ3v) is 3.60. The maximum atomic E-state index is 4.46. The SMILES string of the molecule is CCNc1cncc(Nc2ccc(N3CCCC3)cc2)n1. The van der Waals surface area contributed by atoms with Crippen molar-refractivity contribution in [3.8, 4) is 0 Å². The predicted molar refractivity (Wildman–Crippen MR) is 87.4 cm³/mol. The van der Waals surface area contributed by atoms with Gasteiger partial charge in [0.25, 0.3) is 0 Å². The highest BCUT2D eigenvalue weighted by Gasteiger charge is 2.11. The Morgan fingerprint density at radius 1 is 1.05 bits per heavy atom. The molecule has 1 aliphatic rings. The number of nitrogens with one attached hydrogen (secondary N) is 2. The monoisotopic (exact) mass is 283 g/mol. The van der Waals surface area contributed by atoms with Gasteiger partial charge in [0.1, 0.15) is 5.82 Å². The molecule has 0 aliphatic carbocycles. The van der Waals surface area contributed by atoms with E-state index in [9.17, 15) is 0 Å². The van der Waals surface area contributed by atoms with Crippen molar-refractivity contribution in [3.63, 3.8) is 0 Å². The molecule has 0 amide bonds. The molecule has 0 atom stereocenters. The molecular weight excluding hydrogens is 262 g/mol.